The second-order valence-electron chi connectivity index (χ2n) is 3.35. The number of fused-ring (bicyclic) bond motifs is 1. The maximum atomic E-state index is 4.32. The lowest BCUT2D eigenvalue weighted by molar-refractivity contribution is 0.947. The first-order valence-electron chi connectivity index (χ1n) is 4.40. The molecule has 0 saturated heterocycles. The third-order valence-electron chi connectivity index (χ3n) is 2.33. The Balaban J connectivity index is 2.52. The van der Waals surface area contributed by atoms with Gasteiger partial charge in [-0.05, 0) is 18.2 Å². The molecule has 0 spiro atoms. The Kier molecular flexibility index (Phi) is 2.46. The third kappa shape index (κ3) is 1.50. The molecule has 0 amide bonds. The van der Waals surface area contributed by atoms with Crippen LogP contribution in [0.2, 0.25) is 0 Å². The summed E-state index contributed by atoms with van der Waals surface area (Å²) in [6.07, 6.45) is 1.84. The van der Waals surface area contributed by atoms with E-state index >= 15 is 0 Å². The predicted octanol–water partition coefficient (Wildman–Crippen LogP) is 2.36. The van der Waals surface area contributed by atoms with Crippen molar-refractivity contribution in [1.29, 1.82) is 0 Å². The minimum absolute atomic E-state index is 0.825. The number of alkyl halides is 1. The zero-order valence-corrected chi connectivity index (χ0v) is 9.82. The molecule has 4 heteroatoms. The van der Waals surface area contributed by atoms with E-state index in [2.05, 4.69) is 44.0 Å². The van der Waals surface area contributed by atoms with Crippen LogP contribution in [-0.4, -0.2) is 22.1 Å². The molecule has 0 atom stereocenters. The van der Waals surface area contributed by atoms with Crippen molar-refractivity contribution in [3.05, 3.63) is 24.5 Å². The summed E-state index contributed by atoms with van der Waals surface area (Å²) < 4.78 is 2.02. The Bertz CT molecular complexity index is 450. The lowest BCUT2D eigenvalue weighted by Crippen LogP contribution is -2.13. The molecule has 14 heavy (non-hydrogen) atoms. The fourth-order valence-electron chi connectivity index (χ4n) is 1.43. The van der Waals surface area contributed by atoms with Crippen molar-refractivity contribution in [2.75, 3.05) is 17.4 Å². The quantitative estimate of drug-likeness (QED) is 0.606. The summed E-state index contributed by atoms with van der Waals surface area (Å²) in [4.78, 5) is 6.44. The second-order valence-corrected chi connectivity index (χ2v) is 3.85. The van der Waals surface area contributed by atoms with Crippen LogP contribution in [0.3, 0.4) is 0 Å². The van der Waals surface area contributed by atoms with Crippen LogP contribution < -0.4 is 4.90 Å². The normalized spacial score (nSPS) is 10.8. The first-order chi connectivity index (χ1) is 6.72. The summed E-state index contributed by atoms with van der Waals surface area (Å²) in [5.41, 5.74) is 4.20. The zero-order chi connectivity index (χ0) is 10.1. The summed E-state index contributed by atoms with van der Waals surface area (Å²) >= 11 is 3.42. The molecule has 0 saturated carbocycles. The molecule has 1 aromatic heterocycles. The molecule has 0 fully saturated rings. The zero-order valence-electron chi connectivity index (χ0n) is 8.24. The van der Waals surface area contributed by atoms with E-state index in [4.69, 9.17) is 0 Å². The van der Waals surface area contributed by atoms with E-state index in [1.807, 2.05) is 25.0 Å². The van der Waals surface area contributed by atoms with Crippen LogP contribution in [0.15, 0.2) is 24.5 Å². The highest BCUT2D eigenvalue weighted by atomic mass is 79.9. The average Bonchev–Trinajstić information content (AvgIpc) is 2.59. The third-order valence-corrected chi connectivity index (χ3v) is 3.08. The van der Waals surface area contributed by atoms with E-state index < -0.39 is 0 Å². The highest BCUT2D eigenvalue weighted by Crippen LogP contribution is 2.20. The first kappa shape index (κ1) is 9.52. The van der Waals surface area contributed by atoms with Gasteiger partial charge in [0, 0.05) is 19.8 Å². The van der Waals surface area contributed by atoms with Gasteiger partial charge in [-0.15, -0.1) is 0 Å². The van der Waals surface area contributed by atoms with Gasteiger partial charge in [-0.3, -0.25) is 0 Å². The molecule has 0 N–H and O–H groups in total. The highest BCUT2D eigenvalue weighted by Gasteiger charge is 2.03. The van der Waals surface area contributed by atoms with Gasteiger partial charge in [0.15, 0.2) is 0 Å². The number of aromatic nitrogens is 2. The van der Waals surface area contributed by atoms with Crippen LogP contribution in [-0.2, 0) is 7.05 Å². The molecule has 2 aromatic rings. The van der Waals surface area contributed by atoms with Crippen molar-refractivity contribution in [3.63, 3.8) is 0 Å². The molecule has 1 aromatic carbocycles. The molecule has 3 nitrogen and oxygen atoms in total. The summed E-state index contributed by atoms with van der Waals surface area (Å²) in [5, 5.41) is 0. The number of anilines is 1. The maximum absolute atomic E-state index is 4.32. The van der Waals surface area contributed by atoms with E-state index in [-0.39, 0.29) is 0 Å². The van der Waals surface area contributed by atoms with Crippen LogP contribution in [0.5, 0.6) is 0 Å². The number of nitrogens with zero attached hydrogens (tertiary/aromatic N) is 3. The maximum Gasteiger partial charge on any atom is 0.0955 e. The standard InChI is InChI=1S/C10H12BrN3/c1-13(6-11)8-3-4-10-9(5-8)12-7-14(10)2/h3-5,7H,6H2,1-2H3. The number of hydrogen-bond donors (Lipinski definition) is 0. The lowest BCUT2D eigenvalue weighted by Gasteiger charge is -2.15. The van der Waals surface area contributed by atoms with E-state index in [1.165, 1.54) is 5.69 Å². The smallest absolute Gasteiger partial charge is 0.0955 e. The molecule has 2 rings (SSSR count). The number of imidazole rings is 1. The van der Waals surface area contributed by atoms with Crippen molar-refractivity contribution in [2.45, 2.75) is 0 Å². The van der Waals surface area contributed by atoms with Crippen molar-refractivity contribution in [2.24, 2.45) is 7.05 Å². The van der Waals surface area contributed by atoms with Gasteiger partial charge in [-0.1, -0.05) is 15.9 Å². The van der Waals surface area contributed by atoms with Gasteiger partial charge < -0.3 is 9.47 Å². The Labute approximate surface area is 91.5 Å². The number of halogens is 1. The molecule has 0 aliphatic heterocycles. The van der Waals surface area contributed by atoms with Gasteiger partial charge in [0.2, 0.25) is 0 Å². The van der Waals surface area contributed by atoms with Gasteiger partial charge in [0.1, 0.15) is 0 Å². The predicted molar refractivity (Wildman–Crippen MR) is 62.9 cm³/mol. The second kappa shape index (κ2) is 3.61. The Morgan fingerprint density at radius 2 is 2.29 bits per heavy atom. The van der Waals surface area contributed by atoms with Gasteiger partial charge in [0.25, 0.3) is 0 Å². The average molecular weight is 254 g/mol. The van der Waals surface area contributed by atoms with Gasteiger partial charge >= 0.3 is 0 Å². The Morgan fingerprint density at radius 3 is 3.00 bits per heavy atom. The van der Waals surface area contributed by atoms with Gasteiger partial charge in [0.05, 0.1) is 22.8 Å². The van der Waals surface area contributed by atoms with Crippen molar-refractivity contribution >= 4 is 32.7 Å². The fraction of sp³-hybridized carbons (Fsp3) is 0.300. The Hall–Kier alpha value is -1.03. The number of rotatable bonds is 2. The minimum Gasteiger partial charge on any atom is -0.365 e. The monoisotopic (exact) mass is 253 g/mol. The van der Waals surface area contributed by atoms with Crippen molar-refractivity contribution in [3.8, 4) is 0 Å². The van der Waals surface area contributed by atoms with Crippen LogP contribution >= 0.6 is 15.9 Å². The molecule has 0 aliphatic carbocycles. The number of hydrogen-bond acceptors (Lipinski definition) is 2. The molecular formula is C10H12BrN3. The van der Waals surface area contributed by atoms with Gasteiger partial charge in [-0.2, -0.15) is 0 Å². The fourth-order valence-corrected chi connectivity index (χ4v) is 1.72. The summed E-state index contributed by atoms with van der Waals surface area (Å²) in [5.74, 6) is 0. The largest absolute Gasteiger partial charge is 0.365 e. The Morgan fingerprint density at radius 1 is 1.50 bits per heavy atom. The van der Waals surface area contributed by atoms with Crippen LogP contribution in [0.4, 0.5) is 5.69 Å². The van der Waals surface area contributed by atoms with Crippen molar-refractivity contribution in [1.82, 2.24) is 9.55 Å². The summed E-state index contributed by atoms with van der Waals surface area (Å²) in [7, 11) is 4.04. The molecule has 0 radical (unpaired) electrons. The van der Waals surface area contributed by atoms with E-state index in [0.717, 1.165) is 16.5 Å². The first-order valence-corrected chi connectivity index (χ1v) is 5.52. The number of aryl methyl sites for hydroxylation is 1. The van der Waals surface area contributed by atoms with E-state index in [9.17, 15) is 0 Å². The van der Waals surface area contributed by atoms with E-state index in [1.54, 1.807) is 0 Å². The molecule has 1 heterocycles. The number of benzene rings is 1. The highest BCUT2D eigenvalue weighted by molar-refractivity contribution is 9.09. The summed E-state index contributed by atoms with van der Waals surface area (Å²) in [6.45, 7) is 0. The van der Waals surface area contributed by atoms with Crippen molar-refractivity contribution < 1.29 is 0 Å². The van der Waals surface area contributed by atoms with Crippen LogP contribution in [0, 0.1) is 0 Å². The van der Waals surface area contributed by atoms with Crippen LogP contribution in [0.1, 0.15) is 0 Å². The lowest BCUT2D eigenvalue weighted by atomic mass is 10.2. The molecule has 0 bridgehead atoms. The van der Waals surface area contributed by atoms with E-state index in [0.29, 0.717) is 0 Å². The molecular weight excluding hydrogens is 242 g/mol. The molecule has 0 unspecified atom stereocenters. The van der Waals surface area contributed by atoms with Crippen LogP contribution in [0.25, 0.3) is 11.0 Å². The van der Waals surface area contributed by atoms with Gasteiger partial charge in [-0.25, -0.2) is 4.98 Å². The molecule has 74 valence electrons. The topological polar surface area (TPSA) is 21.1 Å². The summed E-state index contributed by atoms with van der Waals surface area (Å²) in [6, 6.07) is 6.29. The SMILES string of the molecule is CN(CBr)c1ccc2c(c1)ncn2C. The minimum atomic E-state index is 0.825. The molecule has 0 aliphatic rings.